The molecule has 5 nitrogen and oxygen atoms in total. The van der Waals surface area contributed by atoms with Gasteiger partial charge in [0.1, 0.15) is 5.82 Å². The number of aliphatic hydroxyl groups is 1. The van der Waals surface area contributed by atoms with Gasteiger partial charge in [0.25, 0.3) is 0 Å². The molecule has 0 amide bonds. The molecule has 1 heterocycles. The highest BCUT2D eigenvalue weighted by atomic mass is 16.3. The van der Waals surface area contributed by atoms with E-state index in [4.69, 9.17) is 0 Å². The normalized spacial score (nSPS) is 14.9. The molecule has 0 aromatic carbocycles. The van der Waals surface area contributed by atoms with E-state index in [2.05, 4.69) is 15.5 Å². The predicted molar refractivity (Wildman–Crippen MR) is 64.4 cm³/mol. The Bertz CT molecular complexity index is 339. The summed E-state index contributed by atoms with van der Waals surface area (Å²) in [6.45, 7) is 4.80. The molecule has 5 heteroatoms. The van der Waals surface area contributed by atoms with Crippen LogP contribution in [0.1, 0.15) is 12.5 Å². The molecule has 0 saturated carbocycles. The smallest absolute Gasteiger partial charge is 0.149 e. The van der Waals surface area contributed by atoms with Gasteiger partial charge in [-0.1, -0.05) is 0 Å². The molecule has 0 aliphatic rings. The monoisotopic (exact) mass is 224 g/mol. The zero-order chi connectivity index (χ0) is 12.2. The number of hydrogen-bond acceptors (Lipinski definition) is 5. The van der Waals surface area contributed by atoms with E-state index in [9.17, 15) is 5.11 Å². The van der Waals surface area contributed by atoms with Crippen molar-refractivity contribution in [1.29, 1.82) is 0 Å². The second kappa shape index (κ2) is 5.23. The van der Waals surface area contributed by atoms with Crippen LogP contribution in [0.15, 0.2) is 12.3 Å². The molecule has 0 radical (unpaired) electrons. The molecule has 2 N–H and O–H groups in total. The average Bonchev–Trinajstić information content (AvgIpc) is 2.13. The fourth-order valence-electron chi connectivity index (χ4n) is 1.57. The van der Waals surface area contributed by atoms with Gasteiger partial charge in [-0.25, -0.2) is 0 Å². The number of nitrogens with zero attached hydrogens (tertiary/aromatic N) is 3. The van der Waals surface area contributed by atoms with E-state index >= 15 is 0 Å². The van der Waals surface area contributed by atoms with Crippen LogP contribution in [0.25, 0.3) is 0 Å². The third kappa shape index (κ3) is 4.55. The maximum atomic E-state index is 10.1. The molecule has 0 spiro atoms. The lowest BCUT2D eigenvalue weighted by molar-refractivity contribution is 0.0459. The van der Waals surface area contributed by atoms with Crippen LogP contribution >= 0.6 is 0 Å². The molecule has 1 atom stereocenters. The van der Waals surface area contributed by atoms with Crippen molar-refractivity contribution in [2.24, 2.45) is 0 Å². The lowest BCUT2D eigenvalue weighted by Crippen LogP contribution is -2.43. The lowest BCUT2D eigenvalue weighted by atomic mass is 10.1. The lowest BCUT2D eigenvalue weighted by Gasteiger charge is -2.27. The molecule has 1 aromatic rings. The largest absolute Gasteiger partial charge is 0.387 e. The summed E-state index contributed by atoms with van der Waals surface area (Å²) < 4.78 is 0. The standard InChI is InChI=1S/C11H20N4O/c1-9-5-10(14-13-6-9)12-7-11(2,16)8-15(3)4/h5-6,16H,7-8H2,1-4H3,(H,12,14). The number of anilines is 1. The maximum absolute atomic E-state index is 10.1. The zero-order valence-corrected chi connectivity index (χ0v) is 10.4. The van der Waals surface area contributed by atoms with E-state index in [0.29, 0.717) is 18.9 Å². The number of aromatic nitrogens is 2. The van der Waals surface area contributed by atoms with Gasteiger partial charge in [0, 0.05) is 13.1 Å². The molecule has 0 bridgehead atoms. The molecule has 0 aliphatic carbocycles. The van der Waals surface area contributed by atoms with Crippen molar-refractivity contribution in [3.63, 3.8) is 0 Å². The van der Waals surface area contributed by atoms with Gasteiger partial charge < -0.3 is 15.3 Å². The summed E-state index contributed by atoms with van der Waals surface area (Å²) in [5.41, 5.74) is 0.263. The summed E-state index contributed by atoms with van der Waals surface area (Å²) >= 11 is 0. The van der Waals surface area contributed by atoms with E-state index in [1.165, 1.54) is 0 Å². The van der Waals surface area contributed by atoms with Crippen molar-refractivity contribution >= 4 is 5.82 Å². The number of hydrogen-bond donors (Lipinski definition) is 2. The van der Waals surface area contributed by atoms with Crippen molar-refractivity contribution in [2.75, 3.05) is 32.5 Å². The van der Waals surface area contributed by atoms with Gasteiger partial charge in [-0.3, -0.25) is 0 Å². The van der Waals surface area contributed by atoms with Crippen molar-refractivity contribution in [2.45, 2.75) is 19.4 Å². The number of likely N-dealkylation sites (N-methyl/N-ethyl adjacent to an activating group) is 1. The number of nitrogens with one attached hydrogen (secondary N) is 1. The summed E-state index contributed by atoms with van der Waals surface area (Å²) in [7, 11) is 3.86. The highest BCUT2D eigenvalue weighted by Gasteiger charge is 2.21. The van der Waals surface area contributed by atoms with Crippen LogP contribution in [-0.2, 0) is 0 Å². The second-order valence-electron chi connectivity index (χ2n) is 4.71. The van der Waals surface area contributed by atoms with Crippen molar-refractivity contribution < 1.29 is 5.11 Å². The van der Waals surface area contributed by atoms with E-state index < -0.39 is 5.60 Å². The molecule has 0 saturated heterocycles. The fraction of sp³-hybridized carbons (Fsp3) is 0.636. The van der Waals surface area contributed by atoms with Crippen LogP contribution < -0.4 is 5.32 Å². The molecule has 0 aliphatic heterocycles. The minimum absolute atomic E-state index is 0.448. The minimum atomic E-state index is -0.783. The summed E-state index contributed by atoms with van der Waals surface area (Å²) in [5.74, 6) is 0.694. The molecule has 1 rings (SSSR count). The van der Waals surface area contributed by atoms with Gasteiger partial charge in [0.2, 0.25) is 0 Å². The first kappa shape index (κ1) is 12.9. The highest BCUT2D eigenvalue weighted by Crippen LogP contribution is 2.08. The Kier molecular flexibility index (Phi) is 4.20. The van der Waals surface area contributed by atoms with Crippen LogP contribution in [0, 0.1) is 6.92 Å². The van der Waals surface area contributed by atoms with Crippen LogP contribution in [0.3, 0.4) is 0 Å². The van der Waals surface area contributed by atoms with Crippen LogP contribution in [-0.4, -0.2) is 53.0 Å². The van der Waals surface area contributed by atoms with E-state index in [-0.39, 0.29) is 0 Å². The SMILES string of the molecule is Cc1cnnc(NCC(C)(O)CN(C)C)c1. The van der Waals surface area contributed by atoms with Gasteiger partial charge in [-0.05, 0) is 39.6 Å². The van der Waals surface area contributed by atoms with E-state index in [0.717, 1.165) is 5.56 Å². The number of aryl methyl sites for hydroxylation is 1. The van der Waals surface area contributed by atoms with Crippen LogP contribution in [0.5, 0.6) is 0 Å². The summed E-state index contributed by atoms with van der Waals surface area (Å²) in [4.78, 5) is 1.95. The van der Waals surface area contributed by atoms with Crippen LogP contribution in [0.4, 0.5) is 5.82 Å². The Hall–Kier alpha value is -1.20. The van der Waals surface area contributed by atoms with Gasteiger partial charge in [0.15, 0.2) is 0 Å². The first-order valence-corrected chi connectivity index (χ1v) is 5.29. The van der Waals surface area contributed by atoms with Crippen molar-refractivity contribution in [3.05, 3.63) is 17.8 Å². The van der Waals surface area contributed by atoms with Gasteiger partial charge in [-0.15, -0.1) is 5.10 Å². The third-order valence-electron chi connectivity index (χ3n) is 2.10. The molecule has 1 aromatic heterocycles. The Balaban J connectivity index is 2.50. The predicted octanol–water partition coefficient (Wildman–Crippen LogP) is 0.510. The van der Waals surface area contributed by atoms with Crippen molar-refractivity contribution in [1.82, 2.24) is 15.1 Å². The Morgan fingerprint density at radius 1 is 1.50 bits per heavy atom. The number of rotatable bonds is 5. The summed E-state index contributed by atoms with van der Waals surface area (Å²) in [6, 6.07) is 1.90. The molecule has 90 valence electrons. The zero-order valence-electron chi connectivity index (χ0n) is 10.4. The summed E-state index contributed by atoms with van der Waals surface area (Å²) in [5, 5.41) is 20.9. The average molecular weight is 224 g/mol. The quantitative estimate of drug-likeness (QED) is 0.763. The first-order chi connectivity index (χ1) is 7.39. The first-order valence-electron chi connectivity index (χ1n) is 5.29. The fourth-order valence-corrected chi connectivity index (χ4v) is 1.57. The summed E-state index contributed by atoms with van der Waals surface area (Å²) in [6.07, 6.45) is 1.70. The molecule has 1 unspecified atom stereocenters. The van der Waals surface area contributed by atoms with Gasteiger partial charge in [0.05, 0.1) is 11.8 Å². The molecule has 16 heavy (non-hydrogen) atoms. The highest BCUT2D eigenvalue weighted by molar-refractivity contribution is 5.35. The third-order valence-corrected chi connectivity index (χ3v) is 2.10. The molecule has 0 fully saturated rings. The Morgan fingerprint density at radius 2 is 2.19 bits per heavy atom. The second-order valence-corrected chi connectivity index (χ2v) is 4.71. The Morgan fingerprint density at radius 3 is 2.75 bits per heavy atom. The molecular formula is C11H20N4O. The minimum Gasteiger partial charge on any atom is -0.387 e. The van der Waals surface area contributed by atoms with Crippen LogP contribution in [0.2, 0.25) is 0 Å². The topological polar surface area (TPSA) is 61.3 Å². The van der Waals surface area contributed by atoms with Crippen molar-refractivity contribution in [3.8, 4) is 0 Å². The van der Waals surface area contributed by atoms with E-state index in [1.807, 2.05) is 32.0 Å². The molecular weight excluding hydrogens is 204 g/mol. The van der Waals surface area contributed by atoms with E-state index in [1.54, 1.807) is 13.1 Å². The maximum Gasteiger partial charge on any atom is 0.149 e. The van der Waals surface area contributed by atoms with Gasteiger partial charge in [-0.2, -0.15) is 5.10 Å². The Labute approximate surface area is 96.5 Å². The van der Waals surface area contributed by atoms with Gasteiger partial charge >= 0.3 is 0 Å².